The van der Waals surface area contributed by atoms with E-state index in [2.05, 4.69) is 151 Å². The summed E-state index contributed by atoms with van der Waals surface area (Å²) in [6.07, 6.45) is 9.64. The molecule has 4 nitrogen and oxygen atoms in total. The average molecular weight is 769 g/mol. The van der Waals surface area contributed by atoms with Crippen LogP contribution in [0.25, 0.3) is 89.2 Å². The molecule has 0 bridgehead atoms. The number of pyridine rings is 1. The minimum Gasteiger partial charge on any atom is -0.264 e. The highest BCUT2D eigenvalue weighted by Crippen LogP contribution is 2.56. The lowest BCUT2D eigenvalue weighted by molar-refractivity contribution is 0.353. The molecule has 2 aromatic heterocycles. The smallest absolute Gasteiger partial charge is 0.160 e. The van der Waals surface area contributed by atoms with Crippen LogP contribution in [0, 0.1) is 11.3 Å². The zero-order valence-electron chi connectivity index (χ0n) is 33.1. The molecule has 9 aromatic rings. The molecule has 0 amide bonds. The topological polar surface area (TPSA) is 62.5 Å². The van der Waals surface area contributed by atoms with Gasteiger partial charge in [0.15, 0.2) is 5.82 Å². The van der Waals surface area contributed by atoms with Gasteiger partial charge in [0.1, 0.15) is 0 Å². The highest BCUT2D eigenvalue weighted by molar-refractivity contribution is 6.05. The molecule has 11 rings (SSSR count). The molecule has 0 N–H and O–H groups in total. The van der Waals surface area contributed by atoms with E-state index in [4.69, 9.17) is 9.97 Å². The van der Waals surface area contributed by atoms with E-state index in [1.165, 1.54) is 69.0 Å². The zero-order chi connectivity index (χ0) is 40.0. The van der Waals surface area contributed by atoms with E-state index in [1.54, 1.807) is 6.20 Å². The van der Waals surface area contributed by atoms with Crippen LogP contribution in [0.1, 0.15) is 48.8 Å². The Hall–Kier alpha value is -7.48. The predicted molar refractivity (Wildman–Crippen MR) is 244 cm³/mol. The molecule has 0 aliphatic heterocycles. The van der Waals surface area contributed by atoms with E-state index in [0.717, 1.165) is 63.2 Å². The molecule has 1 saturated carbocycles. The van der Waals surface area contributed by atoms with Gasteiger partial charge < -0.3 is 0 Å². The van der Waals surface area contributed by atoms with Crippen molar-refractivity contribution in [1.29, 1.82) is 5.26 Å². The number of benzene rings is 7. The van der Waals surface area contributed by atoms with Crippen molar-refractivity contribution in [1.82, 2.24) is 15.0 Å². The lowest BCUT2D eigenvalue weighted by atomic mass is 9.67. The van der Waals surface area contributed by atoms with E-state index in [9.17, 15) is 5.26 Å². The van der Waals surface area contributed by atoms with E-state index in [0.29, 0.717) is 5.82 Å². The Kier molecular flexibility index (Phi) is 8.75. The van der Waals surface area contributed by atoms with Crippen LogP contribution in [0.3, 0.4) is 0 Å². The average Bonchev–Trinajstić information content (AvgIpc) is 3.58. The van der Waals surface area contributed by atoms with Gasteiger partial charge in [-0.2, -0.15) is 5.26 Å². The molecule has 2 aliphatic carbocycles. The first-order chi connectivity index (χ1) is 29.6. The van der Waals surface area contributed by atoms with E-state index < -0.39 is 0 Å². The number of nitriles is 1. The molecule has 1 spiro atoms. The maximum atomic E-state index is 9.81. The zero-order valence-corrected chi connectivity index (χ0v) is 33.1. The highest BCUT2D eigenvalue weighted by atomic mass is 14.9. The number of hydrogen-bond donors (Lipinski definition) is 0. The Morgan fingerprint density at radius 2 is 0.983 bits per heavy atom. The van der Waals surface area contributed by atoms with Crippen LogP contribution < -0.4 is 0 Å². The van der Waals surface area contributed by atoms with Gasteiger partial charge in [-0.1, -0.05) is 159 Å². The summed E-state index contributed by atoms with van der Waals surface area (Å²) in [6, 6.07) is 62.9. The lowest BCUT2D eigenvalue weighted by Gasteiger charge is -2.36. The predicted octanol–water partition coefficient (Wildman–Crippen LogP) is 14.1. The summed E-state index contributed by atoms with van der Waals surface area (Å²) in [5.41, 5.74) is 17.9. The van der Waals surface area contributed by atoms with E-state index in [1.807, 2.05) is 36.5 Å². The normalized spacial score (nSPS) is 13.8. The van der Waals surface area contributed by atoms with Crippen LogP contribution in [-0.2, 0) is 5.41 Å². The van der Waals surface area contributed by atoms with Crippen molar-refractivity contribution in [3.63, 3.8) is 0 Å². The summed E-state index contributed by atoms with van der Waals surface area (Å²) >= 11 is 0. The molecule has 284 valence electrons. The van der Waals surface area contributed by atoms with Crippen LogP contribution in [0.4, 0.5) is 0 Å². The standard InChI is InChI=1S/C56H40N4/c57-35-37-15-25-49-50-26-24-43(33-52(50)56(51(49)32-37)29-7-2-8-30-56)46-28-27-45(47-13-5-6-14-48(46)47)39-18-22-41(23-19-39)54-34-53(59-55(60-54)42-10-3-1-4-11-42)40-20-16-38(17-21-40)44-12-9-31-58-36-44/h1,3-6,9-28,31-34,36H,2,7-8,29-30H2. The first-order valence-electron chi connectivity index (χ1n) is 20.9. The fraction of sp³-hybridized carbons (Fsp3) is 0.107. The third-order valence-electron chi connectivity index (χ3n) is 12.9. The van der Waals surface area contributed by atoms with Crippen LogP contribution in [0.2, 0.25) is 0 Å². The second-order valence-corrected chi connectivity index (χ2v) is 16.2. The van der Waals surface area contributed by atoms with Crippen LogP contribution in [-0.4, -0.2) is 15.0 Å². The summed E-state index contributed by atoms with van der Waals surface area (Å²) in [5.74, 6) is 0.696. The number of fused-ring (bicyclic) bond motifs is 6. The summed E-state index contributed by atoms with van der Waals surface area (Å²) in [5, 5.41) is 12.3. The maximum Gasteiger partial charge on any atom is 0.160 e. The molecular formula is C56H40N4. The molecule has 2 aliphatic rings. The van der Waals surface area contributed by atoms with E-state index >= 15 is 0 Å². The van der Waals surface area contributed by atoms with Crippen LogP contribution in [0.5, 0.6) is 0 Å². The van der Waals surface area contributed by atoms with Gasteiger partial charge in [0, 0.05) is 34.5 Å². The molecule has 4 heteroatoms. The summed E-state index contributed by atoms with van der Waals surface area (Å²) in [4.78, 5) is 14.5. The molecule has 2 heterocycles. The monoisotopic (exact) mass is 768 g/mol. The third-order valence-corrected chi connectivity index (χ3v) is 12.9. The summed E-state index contributed by atoms with van der Waals surface area (Å²) < 4.78 is 0. The largest absolute Gasteiger partial charge is 0.264 e. The molecule has 60 heavy (non-hydrogen) atoms. The second-order valence-electron chi connectivity index (χ2n) is 16.2. The van der Waals surface area contributed by atoms with Crippen molar-refractivity contribution in [2.24, 2.45) is 0 Å². The van der Waals surface area contributed by atoms with Crippen molar-refractivity contribution in [2.45, 2.75) is 37.5 Å². The van der Waals surface area contributed by atoms with Gasteiger partial charge in [-0.05, 0) is 110 Å². The minimum atomic E-state index is -0.0273. The van der Waals surface area contributed by atoms with Crippen LogP contribution >= 0.6 is 0 Å². The van der Waals surface area contributed by atoms with Crippen LogP contribution in [0.15, 0.2) is 182 Å². The van der Waals surface area contributed by atoms with Crippen molar-refractivity contribution in [2.75, 3.05) is 0 Å². The molecule has 0 radical (unpaired) electrons. The molecule has 0 saturated heterocycles. The fourth-order valence-electron chi connectivity index (χ4n) is 9.88. The Bertz CT molecular complexity index is 3100. The number of nitrogens with zero attached hydrogens (tertiary/aromatic N) is 4. The Labute approximate surface area is 350 Å². The number of rotatable bonds is 6. The van der Waals surface area contributed by atoms with Crippen molar-refractivity contribution >= 4 is 10.8 Å². The van der Waals surface area contributed by atoms with Gasteiger partial charge in [0.2, 0.25) is 0 Å². The van der Waals surface area contributed by atoms with Gasteiger partial charge in [-0.25, -0.2) is 9.97 Å². The first-order valence-corrected chi connectivity index (χ1v) is 20.9. The molecule has 1 fully saturated rings. The van der Waals surface area contributed by atoms with Crippen molar-refractivity contribution in [3.8, 4) is 84.5 Å². The SMILES string of the molecule is N#Cc1ccc2c(c1)C1(CCCCC1)c1cc(-c3ccc(-c4ccc(-c5cc(-c6ccc(-c7cccnc7)cc6)nc(-c6ccccc6)n5)cc4)c4ccccc34)ccc1-2. The summed E-state index contributed by atoms with van der Waals surface area (Å²) in [6.45, 7) is 0. The number of hydrogen-bond acceptors (Lipinski definition) is 4. The lowest BCUT2D eigenvalue weighted by Crippen LogP contribution is -2.28. The van der Waals surface area contributed by atoms with Gasteiger partial charge in [-0.15, -0.1) is 0 Å². The highest BCUT2D eigenvalue weighted by Gasteiger charge is 2.44. The Morgan fingerprint density at radius 3 is 1.63 bits per heavy atom. The molecule has 0 atom stereocenters. The van der Waals surface area contributed by atoms with Gasteiger partial charge >= 0.3 is 0 Å². The first kappa shape index (κ1) is 35.7. The Morgan fingerprint density at radius 1 is 0.433 bits per heavy atom. The summed E-state index contributed by atoms with van der Waals surface area (Å²) in [7, 11) is 0. The Balaban J connectivity index is 0.954. The molecule has 7 aromatic carbocycles. The third kappa shape index (κ3) is 6.10. The second kappa shape index (κ2) is 14.7. The van der Waals surface area contributed by atoms with Gasteiger partial charge in [-0.3, -0.25) is 4.98 Å². The van der Waals surface area contributed by atoms with E-state index in [-0.39, 0.29) is 5.41 Å². The van der Waals surface area contributed by atoms with Crippen molar-refractivity contribution < 1.29 is 0 Å². The minimum absolute atomic E-state index is 0.0273. The molecule has 0 unspecified atom stereocenters. The maximum absolute atomic E-state index is 9.81. The number of aromatic nitrogens is 3. The quantitative estimate of drug-likeness (QED) is 0.169. The van der Waals surface area contributed by atoms with Crippen molar-refractivity contribution in [3.05, 3.63) is 199 Å². The van der Waals surface area contributed by atoms with Gasteiger partial charge in [0.05, 0.1) is 23.0 Å². The van der Waals surface area contributed by atoms with Gasteiger partial charge in [0.25, 0.3) is 0 Å². The fourth-order valence-corrected chi connectivity index (χ4v) is 9.88. The molecular weight excluding hydrogens is 729 g/mol.